The number of hydrogen-bond acceptors (Lipinski definition) is 3. The maximum atomic E-state index is 5.79. The van der Waals surface area contributed by atoms with Crippen LogP contribution in [-0.2, 0) is 0 Å². The Morgan fingerprint density at radius 1 is 1.26 bits per heavy atom. The first kappa shape index (κ1) is 13.6. The van der Waals surface area contributed by atoms with Crippen LogP contribution in [0, 0.1) is 6.92 Å². The first-order valence-corrected chi connectivity index (χ1v) is 6.63. The molecular formula is C16H20N2O. The molecule has 0 bridgehead atoms. The maximum Gasteiger partial charge on any atom is 0.219 e. The molecule has 0 radical (unpaired) electrons. The van der Waals surface area contributed by atoms with E-state index < -0.39 is 0 Å². The van der Waals surface area contributed by atoms with Crippen molar-refractivity contribution >= 4 is 0 Å². The summed E-state index contributed by atoms with van der Waals surface area (Å²) in [6.45, 7) is 7.22. The van der Waals surface area contributed by atoms with Crippen molar-refractivity contribution in [1.82, 2.24) is 10.3 Å². The monoisotopic (exact) mass is 256 g/mol. The third kappa shape index (κ3) is 3.80. The van der Waals surface area contributed by atoms with Crippen molar-refractivity contribution in [2.75, 3.05) is 6.54 Å². The maximum absolute atomic E-state index is 5.79. The second-order valence-corrected chi connectivity index (χ2v) is 4.63. The fraction of sp³-hybridized carbons (Fsp3) is 0.312. The summed E-state index contributed by atoms with van der Waals surface area (Å²) >= 11 is 0. The summed E-state index contributed by atoms with van der Waals surface area (Å²) in [5, 5.41) is 3.38. The molecule has 0 aliphatic carbocycles. The second kappa shape index (κ2) is 6.34. The van der Waals surface area contributed by atoms with E-state index in [1.54, 1.807) is 6.20 Å². The number of benzene rings is 1. The molecule has 0 saturated heterocycles. The molecule has 3 nitrogen and oxygen atoms in total. The average Bonchev–Trinajstić information content (AvgIpc) is 2.39. The second-order valence-electron chi connectivity index (χ2n) is 4.63. The van der Waals surface area contributed by atoms with Gasteiger partial charge in [0.25, 0.3) is 0 Å². The molecule has 0 saturated carbocycles. The Bertz CT molecular complexity index is 540. The van der Waals surface area contributed by atoms with Crippen LogP contribution in [0.5, 0.6) is 11.6 Å². The molecule has 1 aromatic heterocycles. The molecule has 1 N–H and O–H groups in total. The van der Waals surface area contributed by atoms with Crippen LogP contribution in [0.25, 0.3) is 0 Å². The highest BCUT2D eigenvalue weighted by molar-refractivity contribution is 5.32. The van der Waals surface area contributed by atoms with Crippen LogP contribution in [-0.4, -0.2) is 11.5 Å². The quantitative estimate of drug-likeness (QED) is 0.882. The lowest BCUT2D eigenvalue weighted by molar-refractivity contribution is 0.460. The number of aromatic nitrogens is 1. The molecule has 2 rings (SSSR count). The SMILES string of the molecule is CCNC(C)c1ccnc(Oc2cccc(C)c2)c1. The molecule has 0 amide bonds. The number of nitrogens with zero attached hydrogens (tertiary/aromatic N) is 1. The molecule has 0 spiro atoms. The van der Waals surface area contributed by atoms with Gasteiger partial charge in [-0.3, -0.25) is 0 Å². The van der Waals surface area contributed by atoms with Gasteiger partial charge in [0.1, 0.15) is 5.75 Å². The molecule has 19 heavy (non-hydrogen) atoms. The molecule has 1 unspecified atom stereocenters. The van der Waals surface area contributed by atoms with Gasteiger partial charge in [0.05, 0.1) is 0 Å². The van der Waals surface area contributed by atoms with E-state index in [9.17, 15) is 0 Å². The van der Waals surface area contributed by atoms with Gasteiger partial charge in [-0.15, -0.1) is 0 Å². The smallest absolute Gasteiger partial charge is 0.219 e. The minimum absolute atomic E-state index is 0.299. The van der Waals surface area contributed by atoms with Crippen LogP contribution in [0.2, 0.25) is 0 Å². The first-order valence-electron chi connectivity index (χ1n) is 6.63. The van der Waals surface area contributed by atoms with Gasteiger partial charge in [-0.1, -0.05) is 19.1 Å². The number of rotatable bonds is 5. The van der Waals surface area contributed by atoms with Crippen molar-refractivity contribution in [3.05, 3.63) is 53.7 Å². The molecule has 1 aromatic carbocycles. The van der Waals surface area contributed by atoms with Gasteiger partial charge in [-0.05, 0) is 49.7 Å². The van der Waals surface area contributed by atoms with E-state index in [1.807, 2.05) is 43.3 Å². The van der Waals surface area contributed by atoms with E-state index in [0.717, 1.165) is 12.3 Å². The summed E-state index contributed by atoms with van der Waals surface area (Å²) in [5.41, 5.74) is 2.36. The summed E-state index contributed by atoms with van der Waals surface area (Å²) < 4.78 is 5.79. The van der Waals surface area contributed by atoms with Crippen LogP contribution >= 0.6 is 0 Å². The Labute approximate surface area is 114 Å². The van der Waals surface area contributed by atoms with E-state index in [1.165, 1.54) is 11.1 Å². The molecule has 2 aromatic rings. The standard InChI is InChI=1S/C16H20N2O/c1-4-17-13(3)14-8-9-18-16(11-14)19-15-7-5-6-12(2)10-15/h5-11,13,17H,4H2,1-3H3. The predicted octanol–water partition coefficient (Wildman–Crippen LogP) is 3.85. The summed E-state index contributed by atoms with van der Waals surface area (Å²) in [7, 11) is 0. The normalized spacial score (nSPS) is 12.2. The third-order valence-electron chi connectivity index (χ3n) is 2.98. The Morgan fingerprint density at radius 2 is 2.11 bits per heavy atom. The van der Waals surface area contributed by atoms with Gasteiger partial charge in [-0.2, -0.15) is 0 Å². The minimum Gasteiger partial charge on any atom is -0.439 e. The van der Waals surface area contributed by atoms with Crippen LogP contribution in [0.15, 0.2) is 42.6 Å². The van der Waals surface area contributed by atoms with E-state index in [0.29, 0.717) is 11.9 Å². The molecule has 0 aliphatic rings. The molecule has 0 fully saturated rings. The Balaban J connectivity index is 2.15. The van der Waals surface area contributed by atoms with E-state index in [2.05, 4.69) is 24.1 Å². The highest BCUT2D eigenvalue weighted by atomic mass is 16.5. The third-order valence-corrected chi connectivity index (χ3v) is 2.98. The Morgan fingerprint density at radius 3 is 2.84 bits per heavy atom. The summed E-state index contributed by atoms with van der Waals surface area (Å²) in [4.78, 5) is 4.26. The zero-order valence-corrected chi connectivity index (χ0v) is 11.7. The van der Waals surface area contributed by atoms with E-state index in [-0.39, 0.29) is 0 Å². The lowest BCUT2D eigenvalue weighted by atomic mass is 10.1. The molecule has 1 atom stereocenters. The fourth-order valence-corrected chi connectivity index (χ4v) is 1.97. The topological polar surface area (TPSA) is 34.2 Å². The zero-order valence-electron chi connectivity index (χ0n) is 11.7. The van der Waals surface area contributed by atoms with Gasteiger partial charge in [-0.25, -0.2) is 4.98 Å². The zero-order chi connectivity index (χ0) is 13.7. The van der Waals surface area contributed by atoms with Crippen LogP contribution in [0.1, 0.15) is 31.0 Å². The lowest BCUT2D eigenvalue weighted by Crippen LogP contribution is -2.17. The first-order chi connectivity index (χ1) is 9.19. The Kier molecular flexibility index (Phi) is 4.53. The molecule has 0 aliphatic heterocycles. The molecule has 1 heterocycles. The fourth-order valence-electron chi connectivity index (χ4n) is 1.97. The number of pyridine rings is 1. The van der Waals surface area contributed by atoms with Crippen molar-refractivity contribution in [3.63, 3.8) is 0 Å². The van der Waals surface area contributed by atoms with Gasteiger partial charge in [0.2, 0.25) is 5.88 Å². The van der Waals surface area contributed by atoms with Crippen molar-refractivity contribution < 1.29 is 4.74 Å². The largest absolute Gasteiger partial charge is 0.439 e. The van der Waals surface area contributed by atoms with Crippen molar-refractivity contribution in [3.8, 4) is 11.6 Å². The predicted molar refractivity (Wildman–Crippen MR) is 77.6 cm³/mol. The molecule has 3 heteroatoms. The van der Waals surface area contributed by atoms with Gasteiger partial charge < -0.3 is 10.1 Å². The number of ether oxygens (including phenoxy) is 1. The number of aryl methyl sites for hydroxylation is 1. The van der Waals surface area contributed by atoms with Crippen molar-refractivity contribution in [1.29, 1.82) is 0 Å². The van der Waals surface area contributed by atoms with Crippen LogP contribution in [0.3, 0.4) is 0 Å². The van der Waals surface area contributed by atoms with Gasteiger partial charge in [0, 0.05) is 18.3 Å². The van der Waals surface area contributed by atoms with E-state index >= 15 is 0 Å². The van der Waals surface area contributed by atoms with Crippen molar-refractivity contribution in [2.45, 2.75) is 26.8 Å². The molecule has 100 valence electrons. The minimum atomic E-state index is 0.299. The van der Waals surface area contributed by atoms with E-state index in [4.69, 9.17) is 4.74 Å². The average molecular weight is 256 g/mol. The van der Waals surface area contributed by atoms with Crippen LogP contribution in [0.4, 0.5) is 0 Å². The number of nitrogens with one attached hydrogen (secondary N) is 1. The summed E-state index contributed by atoms with van der Waals surface area (Å²) in [6.07, 6.45) is 1.79. The lowest BCUT2D eigenvalue weighted by Gasteiger charge is -2.13. The molecular weight excluding hydrogens is 236 g/mol. The van der Waals surface area contributed by atoms with Crippen LogP contribution < -0.4 is 10.1 Å². The summed E-state index contributed by atoms with van der Waals surface area (Å²) in [5.74, 6) is 1.45. The highest BCUT2D eigenvalue weighted by Crippen LogP contribution is 2.22. The van der Waals surface area contributed by atoms with Gasteiger partial charge in [0.15, 0.2) is 0 Å². The van der Waals surface area contributed by atoms with Crippen molar-refractivity contribution in [2.24, 2.45) is 0 Å². The van der Waals surface area contributed by atoms with Gasteiger partial charge >= 0.3 is 0 Å². The summed E-state index contributed by atoms with van der Waals surface area (Å²) in [6, 6.07) is 12.3. The Hall–Kier alpha value is -1.87. The highest BCUT2D eigenvalue weighted by Gasteiger charge is 2.06. The number of hydrogen-bond donors (Lipinski definition) is 1.